The van der Waals surface area contributed by atoms with Crippen LogP contribution < -0.4 is 10.6 Å². The van der Waals surface area contributed by atoms with Gasteiger partial charge in [-0.3, -0.25) is 14.5 Å². The predicted molar refractivity (Wildman–Crippen MR) is 91.9 cm³/mol. The van der Waals surface area contributed by atoms with Crippen LogP contribution >= 0.6 is 0 Å². The second-order valence-corrected chi connectivity index (χ2v) is 7.80. The Morgan fingerprint density at radius 1 is 1.22 bits per heavy atom. The largest absolute Gasteiger partial charge is 0.358 e. The summed E-state index contributed by atoms with van der Waals surface area (Å²) in [6.07, 6.45) is 4.07. The summed E-state index contributed by atoms with van der Waals surface area (Å²) < 4.78 is 0. The van der Waals surface area contributed by atoms with Gasteiger partial charge < -0.3 is 10.6 Å². The van der Waals surface area contributed by atoms with E-state index < -0.39 is 0 Å². The third-order valence-electron chi connectivity index (χ3n) is 5.29. The molecule has 1 aliphatic carbocycles. The van der Waals surface area contributed by atoms with Crippen molar-refractivity contribution >= 4 is 11.8 Å². The second-order valence-electron chi connectivity index (χ2n) is 7.80. The molecule has 0 aromatic heterocycles. The van der Waals surface area contributed by atoms with E-state index in [4.69, 9.17) is 0 Å². The molecule has 2 amide bonds. The number of likely N-dealkylation sites (N-methyl/N-ethyl adjacent to an activating group) is 1. The molecule has 0 unspecified atom stereocenters. The minimum atomic E-state index is 0.0526. The number of hydrogen-bond donors (Lipinski definition) is 2. The molecule has 5 heteroatoms. The summed E-state index contributed by atoms with van der Waals surface area (Å²) in [6.45, 7) is 10.7. The van der Waals surface area contributed by atoms with Crippen molar-refractivity contribution in [1.82, 2.24) is 15.5 Å². The Labute approximate surface area is 139 Å². The van der Waals surface area contributed by atoms with Crippen molar-refractivity contribution < 1.29 is 9.59 Å². The number of carbonyl (C=O) groups excluding carboxylic acids is 2. The van der Waals surface area contributed by atoms with Crippen LogP contribution in [0.4, 0.5) is 0 Å². The number of hydrogen-bond acceptors (Lipinski definition) is 3. The molecular weight excluding hydrogens is 290 g/mol. The third-order valence-corrected chi connectivity index (χ3v) is 5.29. The molecule has 1 saturated carbocycles. The topological polar surface area (TPSA) is 61.4 Å². The van der Waals surface area contributed by atoms with E-state index in [1.807, 2.05) is 0 Å². The van der Waals surface area contributed by atoms with E-state index in [1.165, 1.54) is 5.57 Å². The molecule has 130 valence electrons. The number of likely N-dealkylation sites (tertiary alicyclic amines) is 1. The van der Waals surface area contributed by atoms with Gasteiger partial charge in [-0.05, 0) is 38.0 Å². The SMILES string of the molecule is CNC(=O)CN1CCC(NC(=O)[C@H]2[C@H](C=C(C)C)C2(C)C)CC1. The average molecular weight is 321 g/mol. The Hall–Kier alpha value is -1.36. The first-order valence-electron chi connectivity index (χ1n) is 8.64. The van der Waals surface area contributed by atoms with Crippen molar-refractivity contribution in [2.24, 2.45) is 17.3 Å². The predicted octanol–water partition coefficient (Wildman–Crippen LogP) is 1.55. The van der Waals surface area contributed by atoms with E-state index in [1.54, 1.807) is 7.05 Å². The van der Waals surface area contributed by atoms with Crippen LogP contribution in [0, 0.1) is 17.3 Å². The van der Waals surface area contributed by atoms with Gasteiger partial charge in [-0.15, -0.1) is 0 Å². The van der Waals surface area contributed by atoms with Crippen molar-refractivity contribution in [3.05, 3.63) is 11.6 Å². The van der Waals surface area contributed by atoms with Crippen molar-refractivity contribution in [3.8, 4) is 0 Å². The fourth-order valence-electron chi connectivity index (χ4n) is 3.66. The van der Waals surface area contributed by atoms with Gasteiger partial charge in [0.25, 0.3) is 0 Å². The van der Waals surface area contributed by atoms with E-state index in [0.717, 1.165) is 25.9 Å². The lowest BCUT2D eigenvalue weighted by Crippen LogP contribution is -2.47. The Morgan fingerprint density at radius 3 is 2.35 bits per heavy atom. The Kier molecular flexibility index (Phi) is 5.50. The summed E-state index contributed by atoms with van der Waals surface area (Å²) in [5.74, 6) is 0.709. The summed E-state index contributed by atoms with van der Waals surface area (Å²) in [6, 6.07) is 0.243. The molecule has 2 aliphatic rings. The fraction of sp³-hybridized carbons (Fsp3) is 0.778. The van der Waals surface area contributed by atoms with Gasteiger partial charge in [-0.1, -0.05) is 25.5 Å². The molecule has 0 bridgehead atoms. The highest BCUT2D eigenvalue weighted by atomic mass is 16.2. The van der Waals surface area contributed by atoms with Gasteiger partial charge >= 0.3 is 0 Å². The normalized spacial score (nSPS) is 27.2. The summed E-state index contributed by atoms with van der Waals surface area (Å²) >= 11 is 0. The molecule has 2 N–H and O–H groups in total. The van der Waals surface area contributed by atoms with Gasteiger partial charge in [-0.25, -0.2) is 0 Å². The fourth-order valence-corrected chi connectivity index (χ4v) is 3.66. The second kappa shape index (κ2) is 7.04. The van der Waals surface area contributed by atoms with Crippen molar-refractivity contribution in [3.63, 3.8) is 0 Å². The molecular formula is C18H31N3O2. The van der Waals surface area contributed by atoms with Gasteiger partial charge in [0.05, 0.1) is 12.5 Å². The van der Waals surface area contributed by atoms with Crippen LogP contribution in [0.2, 0.25) is 0 Å². The zero-order valence-electron chi connectivity index (χ0n) is 15.1. The highest BCUT2D eigenvalue weighted by molar-refractivity contribution is 5.84. The molecule has 23 heavy (non-hydrogen) atoms. The number of piperidine rings is 1. The lowest BCUT2D eigenvalue weighted by molar-refractivity contribution is -0.125. The highest BCUT2D eigenvalue weighted by Gasteiger charge is 2.60. The maximum Gasteiger partial charge on any atom is 0.233 e. The molecule has 2 atom stereocenters. The quantitative estimate of drug-likeness (QED) is 0.755. The van der Waals surface area contributed by atoms with E-state index in [2.05, 4.69) is 49.3 Å². The summed E-state index contributed by atoms with van der Waals surface area (Å²) in [5, 5.41) is 5.88. The van der Waals surface area contributed by atoms with E-state index in [-0.39, 0.29) is 29.2 Å². The third kappa shape index (κ3) is 4.34. The zero-order valence-corrected chi connectivity index (χ0v) is 15.1. The van der Waals surface area contributed by atoms with Crippen LogP contribution in [0.5, 0.6) is 0 Å². The van der Waals surface area contributed by atoms with E-state index in [9.17, 15) is 9.59 Å². The van der Waals surface area contributed by atoms with Crippen molar-refractivity contribution in [1.29, 1.82) is 0 Å². The van der Waals surface area contributed by atoms with Gasteiger partial charge in [0.15, 0.2) is 0 Å². The van der Waals surface area contributed by atoms with Crippen LogP contribution in [-0.4, -0.2) is 49.4 Å². The maximum atomic E-state index is 12.6. The van der Waals surface area contributed by atoms with Crippen LogP contribution in [-0.2, 0) is 9.59 Å². The number of rotatable bonds is 5. The smallest absolute Gasteiger partial charge is 0.233 e. The Bertz CT molecular complexity index is 486. The first kappa shape index (κ1) is 18.0. The number of amides is 2. The summed E-state index contributed by atoms with van der Waals surface area (Å²) in [4.78, 5) is 26.1. The average Bonchev–Trinajstić information content (AvgIpc) is 3.01. The first-order chi connectivity index (χ1) is 10.8. The lowest BCUT2D eigenvalue weighted by atomic mass is 10.0. The molecule has 2 fully saturated rings. The molecule has 0 aromatic rings. The van der Waals surface area contributed by atoms with Gasteiger partial charge in [-0.2, -0.15) is 0 Å². The number of nitrogens with zero attached hydrogens (tertiary/aromatic N) is 1. The van der Waals surface area contributed by atoms with E-state index >= 15 is 0 Å². The van der Waals surface area contributed by atoms with Crippen LogP contribution in [0.25, 0.3) is 0 Å². The summed E-state index contributed by atoms with van der Waals surface area (Å²) in [5.41, 5.74) is 1.35. The first-order valence-corrected chi connectivity index (χ1v) is 8.64. The molecule has 1 heterocycles. The number of allylic oxidation sites excluding steroid dienone is 2. The highest BCUT2D eigenvalue weighted by Crippen LogP contribution is 2.59. The van der Waals surface area contributed by atoms with Crippen LogP contribution in [0.15, 0.2) is 11.6 Å². The molecule has 0 aromatic carbocycles. The minimum absolute atomic E-state index is 0.0526. The minimum Gasteiger partial charge on any atom is -0.358 e. The summed E-state index contributed by atoms with van der Waals surface area (Å²) in [7, 11) is 1.66. The maximum absolute atomic E-state index is 12.6. The van der Waals surface area contributed by atoms with E-state index in [0.29, 0.717) is 12.5 Å². The van der Waals surface area contributed by atoms with Crippen molar-refractivity contribution in [2.75, 3.05) is 26.7 Å². The molecule has 2 rings (SSSR count). The molecule has 0 radical (unpaired) electrons. The lowest BCUT2D eigenvalue weighted by Gasteiger charge is -2.31. The zero-order chi connectivity index (χ0) is 17.2. The monoisotopic (exact) mass is 321 g/mol. The molecule has 5 nitrogen and oxygen atoms in total. The molecule has 0 spiro atoms. The van der Waals surface area contributed by atoms with Gasteiger partial charge in [0, 0.05) is 26.2 Å². The van der Waals surface area contributed by atoms with Gasteiger partial charge in [0.1, 0.15) is 0 Å². The van der Waals surface area contributed by atoms with Crippen LogP contribution in [0.1, 0.15) is 40.5 Å². The molecule has 1 aliphatic heterocycles. The Balaban J connectivity index is 1.80. The number of carbonyl (C=O) groups is 2. The van der Waals surface area contributed by atoms with Gasteiger partial charge in [0.2, 0.25) is 11.8 Å². The Morgan fingerprint density at radius 2 is 1.83 bits per heavy atom. The van der Waals surface area contributed by atoms with Crippen LogP contribution in [0.3, 0.4) is 0 Å². The van der Waals surface area contributed by atoms with Crippen molar-refractivity contribution in [2.45, 2.75) is 46.6 Å². The molecule has 1 saturated heterocycles. The number of nitrogens with one attached hydrogen (secondary N) is 2. The standard InChI is InChI=1S/C18H31N3O2/c1-12(2)10-14-16(18(14,3)4)17(23)20-13-6-8-21(9-7-13)11-15(22)19-5/h10,13-14,16H,6-9,11H2,1-5H3,(H,19,22)(H,20,23)/t14-,16+/m0/s1.